The number of hydrogen-bond donors (Lipinski definition) is 1. The quantitative estimate of drug-likeness (QED) is 0.526. The number of rotatable bonds is 5. The van der Waals surface area contributed by atoms with Crippen LogP contribution >= 0.6 is 0 Å². The molecule has 0 spiro atoms. The van der Waals surface area contributed by atoms with Crippen molar-refractivity contribution >= 4 is 11.6 Å². The number of nitrogens with one attached hydrogen (secondary N) is 1. The molecule has 8 heteroatoms. The summed E-state index contributed by atoms with van der Waals surface area (Å²) in [6, 6.07) is 15.2. The molecular weight excluding hydrogens is 387 g/mol. The van der Waals surface area contributed by atoms with E-state index in [1.807, 2.05) is 31.2 Å². The number of carbonyl (C=O) groups is 1. The number of halogens is 1. The maximum Gasteiger partial charge on any atom is 0.277 e. The van der Waals surface area contributed by atoms with Gasteiger partial charge in [0.25, 0.3) is 11.8 Å². The fourth-order valence-corrected chi connectivity index (χ4v) is 2.95. The summed E-state index contributed by atoms with van der Waals surface area (Å²) >= 11 is 0. The molecule has 1 amide bonds. The number of carbonyl (C=O) groups excluding carboxylic acids is 1. The number of hydrogen-bond acceptors (Lipinski definition) is 6. The monoisotopic (exact) mass is 404 g/mol. The molecule has 2 heterocycles. The van der Waals surface area contributed by atoms with Crippen molar-refractivity contribution < 1.29 is 18.4 Å². The molecule has 0 aliphatic rings. The average molecular weight is 404 g/mol. The van der Waals surface area contributed by atoms with Crippen molar-refractivity contribution in [2.24, 2.45) is 0 Å². The van der Waals surface area contributed by atoms with Gasteiger partial charge in [-0.05, 0) is 42.8 Å². The van der Waals surface area contributed by atoms with Crippen molar-refractivity contribution in [2.45, 2.75) is 6.92 Å². The second kappa shape index (κ2) is 8.12. The highest BCUT2D eigenvalue weighted by Gasteiger charge is 2.18. The van der Waals surface area contributed by atoms with E-state index in [1.165, 1.54) is 25.4 Å². The lowest BCUT2D eigenvalue weighted by molar-refractivity contribution is 0.101. The van der Waals surface area contributed by atoms with Crippen molar-refractivity contribution in [1.82, 2.24) is 15.1 Å². The van der Waals surface area contributed by atoms with Crippen LogP contribution in [0.4, 0.5) is 10.1 Å². The first-order valence-corrected chi connectivity index (χ1v) is 9.07. The van der Waals surface area contributed by atoms with Gasteiger partial charge in [-0.15, -0.1) is 0 Å². The van der Waals surface area contributed by atoms with Crippen molar-refractivity contribution in [3.8, 4) is 28.6 Å². The molecular formula is C22H17FN4O3. The number of methoxy groups -OCH3 is 1. The van der Waals surface area contributed by atoms with Gasteiger partial charge in [-0.2, -0.15) is 4.98 Å². The zero-order valence-electron chi connectivity index (χ0n) is 16.2. The maximum absolute atomic E-state index is 13.8. The first kappa shape index (κ1) is 19.3. The molecule has 150 valence electrons. The van der Waals surface area contributed by atoms with E-state index in [1.54, 1.807) is 18.2 Å². The van der Waals surface area contributed by atoms with Crippen LogP contribution in [0, 0.1) is 12.7 Å². The molecule has 30 heavy (non-hydrogen) atoms. The molecule has 0 aliphatic heterocycles. The highest BCUT2D eigenvalue weighted by molar-refractivity contribution is 6.03. The first-order chi connectivity index (χ1) is 14.6. The molecule has 0 fully saturated rings. The van der Waals surface area contributed by atoms with Gasteiger partial charge in [-0.3, -0.25) is 4.79 Å². The number of anilines is 1. The lowest BCUT2D eigenvalue weighted by Gasteiger charge is -2.09. The Bertz CT molecular complexity index is 1220. The van der Waals surface area contributed by atoms with Crippen LogP contribution in [0.15, 0.2) is 65.3 Å². The van der Waals surface area contributed by atoms with E-state index >= 15 is 0 Å². The Morgan fingerprint density at radius 1 is 1.10 bits per heavy atom. The van der Waals surface area contributed by atoms with Gasteiger partial charge in [0, 0.05) is 23.5 Å². The Morgan fingerprint density at radius 3 is 2.70 bits per heavy atom. The van der Waals surface area contributed by atoms with Crippen molar-refractivity contribution in [2.75, 3.05) is 12.4 Å². The second-order valence-electron chi connectivity index (χ2n) is 6.44. The summed E-state index contributed by atoms with van der Waals surface area (Å²) in [7, 11) is 1.49. The second-order valence-corrected chi connectivity index (χ2v) is 6.44. The van der Waals surface area contributed by atoms with Gasteiger partial charge in [-0.1, -0.05) is 23.4 Å². The van der Waals surface area contributed by atoms with Gasteiger partial charge in [0.2, 0.25) is 5.82 Å². The predicted octanol–water partition coefficient (Wildman–Crippen LogP) is 4.51. The van der Waals surface area contributed by atoms with Gasteiger partial charge in [-0.25, -0.2) is 9.37 Å². The highest BCUT2D eigenvalue weighted by atomic mass is 19.1. The summed E-state index contributed by atoms with van der Waals surface area (Å²) in [5.74, 6) is -0.197. The maximum atomic E-state index is 13.8. The van der Waals surface area contributed by atoms with Crippen LogP contribution in [0.1, 0.15) is 16.1 Å². The normalized spacial score (nSPS) is 10.6. The van der Waals surface area contributed by atoms with Crippen LogP contribution in [0.2, 0.25) is 0 Å². The molecule has 4 rings (SSSR count). The number of aryl methyl sites for hydroxylation is 1. The first-order valence-electron chi connectivity index (χ1n) is 9.07. The van der Waals surface area contributed by atoms with Crippen LogP contribution in [0.25, 0.3) is 22.8 Å². The third-order valence-electron chi connectivity index (χ3n) is 4.48. The average Bonchev–Trinajstić information content (AvgIpc) is 3.24. The molecule has 0 saturated carbocycles. The molecule has 0 saturated heterocycles. The SMILES string of the molecule is COc1cc(NC(=O)c2ncccc2F)ccc1-c1noc(-c2ccccc2C)n1. The van der Waals surface area contributed by atoms with Crippen molar-refractivity contribution in [3.63, 3.8) is 0 Å². The third kappa shape index (κ3) is 3.75. The smallest absolute Gasteiger partial charge is 0.277 e. The number of nitrogens with zero attached hydrogens (tertiary/aromatic N) is 3. The van der Waals surface area contributed by atoms with Crippen LogP contribution in [-0.2, 0) is 0 Å². The molecule has 0 atom stereocenters. The Kier molecular flexibility index (Phi) is 5.21. The minimum atomic E-state index is -0.700. The molecule has 0 unspecified atom stereocenters. The predicted molar refractivity (Wildman–Crippen MR) is 109 cm³/mol. The topological polar surface area (TPSA) is 90.1 Å². The van der Waals surface area contributed by atoms with Gasteiger partial charge in [0.1, 0.15) is 5.75 Å². The van der Waals surface area contributed by atoms with E-state index in [-0.39, 0.29) is 5.69 Å². The third-order valence-corrected chi connectivity index (χ3v) is 4.48. The lowest BCUT2D eigenvalue weighted by Crippen LogP contribution is -2.15. The van der Waals surface area contributed by atoms with E-state index in [0.29, 0.717) is 28.7 Å². The number of benzene rings is 2. The Balaban J connectivity index is 1.61. The van der Waals surface area contributed by atoms with E-state index in [2.05, 4.69) is 20.4 Å². The summed E-state index contributed by atoms with van der Waals surface area (Å²) in [5, 5.41) is 6.65. The van der Waals surface area contributed by atoms with Crippen LogP contribution < -0.4 is 10.1 Å². The largest absolute Gasteiger partial charge is 0.496 e. The Hall–Kier alpha value is -4.07. The summed E-state index contributed by atoms with van der Waals surface area (Å²) in [6.07, 6.45) is 1.35. The molecule has 7 nitrogen and oxygen atoms in total. The van der Waals surface area contributed by atoms with E-state index in [9.17, 15) is 9.18 Å². The molecule has 0 radical (unpaired) electrons. The number of pyridine rings is 1. The van der Waals surface area contributed by atoms with Crippen molar-refractivity contribution in [1.29, 1.82) is 0 Å². The van der Waals surface area contributed by atoms with Gasteiger partial charge >= 0.3 is 0 Å². The Labute approximate surface area is 171 Å². The lowest BCUT2D eigenvalue weighted by atomic mass is 10.1. The molecule has 1 N–H and O–H groups in total. The van der Waals surface area contributed by atoms with Gasteiger partial charge in [0.05, 0.1) is 12.7 Å². The number of aromatic nitrogens is 3. The van der Waals surface area contributed by atoms with Crippen molar-refractivity contribution in [3.05, 3.63) is 77.9 Å². The fourth-order valence-electron chi connectivity index (χ4n) is 2.95. The molecule has 2 aromatic heterocycles. The Morgan fingerprint density at radius 2 is 1.93 bits per heavy atom. The van der Waals surface area contributed by atoms with E-state index in [0.717, 1.165) is 11.1 Å². The van der Waals surface area contributed by atoms with Gasteiger partial charge < -0.3 is 14.6 Å². The summed E-state index contributed by atoms with van der Waals surface area (Å²) in [5.41, 5.74) is 2.56. The molecule has 0 bridgehead atoms. The molecule has 2 aromatic carbocycles. The van der Waals surface area contributed by atoms with E-state index in [4.69, 9.17) is 9.26 Å². The minimum Gasteiger partial charge on any atom is -0.496 e. The van der Waals surface area contributed by atoms with Crippen LogP contribution in [0.5, 0.6) is 5.75 Å². The van der Waals surface area contributed by atoms with E-state index < -0.39 is 11.7 Å². The summed E-state index contributed by atoms with van der Waals surface area (Å²) < 4.78 is 24.6. The highest BCUT2D eigenvalue weighted by Crippen LogP contribution is 2.32. The fraction of sp³-hybridized carbons (Fsp3) is 0.0909. The van der Waals surface area contributed by atoms with Gasteiger partial charge in [0.15, 0.2) is 11.5 Å². The standard InChI is InChI=1S/C22H17FN4O3/c1-13-6-3-4-7-15(13)22-26-20(27-30-22)16-10-9-14(12-18(16)29-2)25-21(28)19-17(23)8-5-11-24-19/h3-12H,1-2H3,(H,25,28). The van der Waals surface area contributed by atoms with Crippen LogP contribution in [0.3, 0.4) is 0 Å². The zero-order chi connectivity index (χ0) is 21.1. The number of ether oxygens (including phenoxy) is 1. The summed E-state index contributed by atoms with van der Waals surface area (Å²) in [4.78, 5) is 20.5. The number of amides is 1. The molecule has 0 aliphatic carbocycles. The summed E-state index contributed by atoms with van der Waals surface area (Å²) in [6.45, 7) is 1.96. The van der Waals surface area contributed by atoms with Crippen LogP contribution in [-0.4, -0.2) is 28.1 Å². The molecule has 4 aromatic rings. The minimum absolute atomic E-state index is 0.290. The zero-order valence-corrected chi connectivity index (χ0v) is 16.2.